The van der Waals surface area contributed by atoms with Gasteiger partial charge in [0.25, 0.3) is 5.91 Å². The highest BCUT2D eigenvalue weighted by Crippen LogP contribution is 2.50. The quantitative estimate of drug-likeness (QED) is 0.712. The van der Waals surface area contributed by atoms with E-state index in [4.69, 9.17) is 17.3 Å². The van der Waals surface area contributed by atoms with Crippen molar-refractivity contribution in [3.8, 4) is 6.07 Å². The number of aliphatic hydroxyl groups is 1. The SMILES string of the molecule is N#C[C@H]1C[C@](O)(C2CC2)CC[C@@H]1n1cc(C(N)=O)c(Nc2ccc(Cl)cc2)n1. The van der Waals surface area contributed by atoms with Crippen LogP contribution in [0.2, 0.25) is 5.02 Å². The van der Waals surface area contributed by atoms with Gasteiger partial charge in [-0.3, -0.25) is 9.48 Å². The zero-order chi connectivity index (χ0) is 19.9. The molecule has 2 fully saturated rings. The van der Waals surface area contributed by atoms with Gasteiger partial charge < -0.3 is 16.2 Å². The first kappa shape index (κ1) is 18.8. The Morgan fingerprint density at radius 3 is 2.68 bits per heavy atom. The third-order valence-corrected chi connectivity index (χ3v) is 6.11. The number of benzene rings is 1. The molecule has 146 valence electrons. The van der Waals surface area contributed by atoms with Gasteiger partial charge in [0.2, 0.25) is 0 Å². The van der Waals surface area contributed by atoms with Crippen LogP contribution in [0.4, 0.5) is 11.5 Å². The largest absolute Gasteiger partial charge is 0.390 e. The lowest BCUT2D eigenvalue weighted by molar-refractivity contribution is -0.0415. The molecule has 2 saturated carbocycles. The molecule has 1 aromatic carbocycles. The van der Waals surface area contributed by atoms with Crippen molar-refractivity contribution in [1.82, 2.24) is 9.78 Å². The first-order valence-electron chi connectivity index (χ1n) is 9.43. The van der Waals surface area contributed by atoms with Crippen molar-refractivity contribution in [3.63, 3.8) is 0 Å². The summed E-state index contributed by atoms with van der Waals surface area (Å²) in [5, 5.41) is 28.8. The van der Waals surface area contributed by atoms with E-state index >= 15 is 0 Å². The van der Waals surface area contributed by atoms with Crippen LogP contribution in [0.5, 0.6) is 0 Å². The summed E-state index contributed by atoms with van der Waals surface area (Å²) < 4.78 is 1.65. The van der Waals surface area contributed by atoms with Gasteiger partial charge in [-0.2, -0.15) is 10.4 Å². The first-order valence-corrected chi connectivity index (χ1v) is 9.81. The van der Waals surface area contributed by atoms with E-state index in [-0.39, 0.29) is 17.5 Å². The normalized spacial score (nSPS) is 27.2. The summed E-state index contributed by atoms with van der Waals surface area (Å²) in [5.41, 5.74) is 5.77. The molecule has 2 aliphatic rings. The van der Waals surface area contributed by atoms with E-state index in [0.29, 0.717) is 36.0 Å². The highest BCUT2D eigenvalue weighted by molar-refractivity contribution is 6.30. The summed E-state index contributed by atoms with van der Waals surface area (Å²) in [6.45, 7) is 0. The number of hydrogen-bond donors (Lipinski definition) is 3. The van der Waals surface area contributed by atoms with Crippen LogP contribution in [0, 0.1) is 23.2 Å². The lowest BCUT2D eigenvalue weighted by Crippen LogP contribution is -2.41. The van der Waals surface area contributed by atoms with Crippen LogP contribution in [-0.4, -0.2) is 26.4 Å². The zero-order valence-corrected chi connectivity index (χ0v) is 16.1. The molecule has 4 N–H and O–H groups in total. The van der Waals surface area contributed by atoms with Gasteiger partial charge in [-0.05, 0) is 62.3 Å². The molecule has 0 spiro atoms. The second-order valence-electron chi connectivity index (χ2n) is 7.79. The Bertz CT molecular complexity index is 931. The van der Waals surface area contributed by atoms with E-state index < -0.39 is 11.5 Å². The molecule has 2 aliphatic carbocycles. The molecule has 2 aromatic rings. The number of amides is 1. The van der Waals surface area contributed by atoms with Crippen LogP contribution in [0.15, 0.2) is 30.5 Å². The number of primary amides is 1. The standard InChI is InChI=1S/C20H22ClN5O2/c21-14-3-5-15(6-4-14)24-19-16(18(23)27)11-26(25-19)17-7-8-20(28,13-1-2-13)9-12(17)10-22/h3-6,11-13,17,28H,1-2,7-9H2,(H2,23,27)(H,24,25)/t12-,17+,20+/m1/s1. The zero-order valence-electron chi connectivity index (χ0n) is 15.3. The molecule has 3 atom stereocenters. The molecule has 0 bridgehead atoms. The number of nitriles is 1. The number of nitrogens with two attached hydrogens (primary N) is 1. The molecule has 0 radical (unpaired) electrons. The second-order valence-corrected chi connectivity index (χ2v) is 8.23. The summed E-state index contributed by atoms with van der Waals surface area (Å²) >= 11 is 5.91. The van der Waals surface area contributed by atoms with Crippen LogP contribution in [0.25, 0.3) is 0 Å². The number of nitrogens with zero attached hydrogens (tertiary/aromatic N) is 3. The summed E-state index contributed by atoms with van der Waals surface area (Å²) in [6.07, 6.45) is 5.35. The number of anilines is 2. The number of rotatable bonds is 5. The molecule has 0 aliphatic heterocycles. The van der Waals surface area contributed by atoms with Crippen molar-refractivity contribution in [2.45, 2.75) is 43.7 Å². The summed E-state index contributed by atoms with van der Waals surface area (Å²) in [6, 6.07) is 9.15. The maximum absolute atomic E-state index is 11.9. The van der Waals surface area contributed by atoms with E-state index in [0.717, 1.165) is 18.5 Å². The van der Waals surface area contributed by atoms with Crippen LogP contribution in [-0.2, 0) is 0 Å². The van der Waals surface area contributed by atoms with Crippen molar-refractivity contribution in [2.24, 2.45) is 17.6 Å². The molecule has 1 aromatic heterocycles. The smallest absolute Gasteiger partial charge is 0.254 e. The fraction of sp³-hybridized carbons (Fsp3) is 0.450. The van der Waals surface area contributed by atoms with E-state index in [9.17, 15) is 15.2 Å². The Kier molecular flexibility index (Phi) is 4.77. The first-order chi connectivity index (χ1) is 13.4. The number of aromatic nitrogens is 2. The molecular weight excluding hydrogens is 378 g/mol. The molecule has 1 heterocycles. The van der Waals surface area contributed by atoms with E-state index in [1.807, 2.05) is 0 Å². The Morgan fingerprint density at radius 2 is 2.07 bits per heavy atom. The molecule has 4 rings (SSSR count). The molecular formula is C20H22ClN5O2. The van der Waals surface area contributed by atoms with E-state index in [2.05, 4.69) is 16.5 Å². The second kappa shape index (κ2) is 7.12. The number of nitrogens with one attached hydrogen (secondary N) is 1. The minimum atomic E-state index is -0.749. The topological polar surface area (TPSA) is 117 Å². The Balaban J connectivity index is 1.60. The summed E-state index contributed by atoms with van der Waals surface area (Å²) in [5.74, 6) is -0.315. The van der Waals surface area contributed by atoms with Gasteiger partial charge in [-0.1, -0.05) is 11.6 Å². The van der Waals surface area contributed by atoms with Gasteiger partial charge in [0, 0.05) is 16.9 Å². The van der Waals surface area contributed by atoms with Crippen molar-refractivity contribution in [2.75, 3.05) is 5.32 Å². The average Bonchev–Trinajstić information content (AvgIpc) is 3.45. The van der Waals surface area contributed by atoms with Crippen LogP contribution in [0.3, 0.4) is 0 Å². The molecule has 8 heteroatoms. The predicted octanol–water partition coefficient (Wildman–Crippen LogP) is 3.38. The van der Waals surface area contributed by atoms with Crippen LogP contribution >= 0.6 is 11.6 Å². The number of halogens is 1. The monoisotopic (exact) mass is 399 g/mol. The predicted molar refractivity (Wildman–Crippen MR) is 105 cm³/mol. The third-order valence-electron chi connectivity index (χ3n) is 5.86. The number of carbonyl (C=O) groups excluding carboxylic acids is 1. The maximum atomic E-state index is 11.9. The minimum absolute atomic E-state index is 0.206. The van der Waals surface area contributed by atoms with Crippen molar-refractivity contribution in [3.05, 3.63) is 41.0 Å². The fourth-order valence-electron chi connectivity index (χ4n) is 4.16. The number of carbonyl (C=O) groups is 1. The lowest BCUT2D eigenvalue weighted by Gasteiger charge is -2.39. The summed E-state index contributed by atoms with van der Waals surface area (Å²) in [7, 11) is 0. The molecule has 28 heavy (non-hydrogen) atoms. The van der Waals surface area contributed by atoms with Gasteiger partial charge in [-0.25, -0.2) is 0 Å². The Hall–Kier alpha value is -2.56. The third kappa shape index (κ3) is 3.58. The maximum Gasteiger partial charge on any atom is 0.254 e. The van der Waals surface area contributed by atoms with Crippen molar-refractivity contribution >= 4 is 29.0 Å². The highest BCUT2D eigenvalue weighted by atomic mass is 35.5. The molecule has 0 saturated heterocycles. The lowest BCUT2D eigenvalue weighted by atomic mass is 9.73. The average molecular weight is 400 g/mol. The Morgan fingerprint density at radius 1 is 1.36 bits per heavy atom. The highest BCUT2D eigenvalue weighted by Gasteiger charge is 2.49. The molecule has 0 unspecified atom stereocenters. The van der Waals surface area contributed by atoms with E-state index in [1.54, 1.807) is 35.1 Å². The fourth-order valence-corrected chi connectivity index (χ4v) is 4.29. The minimum Gasteiger partial charge on any atom is -0.390 e. The van der Waals surface area contributed by atoms with Crippen molar-refractivity contribution in [1.29, 1.82) is 5.26 Å². The van der Waals surface area contributed by atoms with Gasteiger partial charge in [0.1, 0.15) is 5.56 Å². The molecule has 1 amide bonds. The van der Waals surface area contributed by atoms with Crippen molar-refractivity contribution < 1.29 is 9.90 Å². The van der Waals surface area contributed by atoms with Gasteiger partial charge >= 0.3 is 0 Å². The Labute approximate surface area is 168 Å². The van der Waals surface area contributed by atoms with Gasteiger partial charge in [0.05, 0.1) is 23.6 Å². The van der Waals surface area contributed by atoms with E-state index in [1.165, 1.54) is 0 Å². The molecule has 7 nitrogen and oxygen atoms in total. The van der Waals surface area contributed by atoms with Gasteiger partial charge in [-0.15, -0.1) is 0 Å². The summed E-state index contributed by atoms with van der Waals surface area (Å²) in [4.78, 5) is 11.9. The number of hydrogen-bond acceptors (Lipinski definition) is 5. The van der Waals surface area contributed by atoms with Crippen LogP contribution < -0.4 is 11.1 Å². The van der Waals surface area contributed by atoms with Gasteiger partial charge in [0.15, 0.2) is 5.82 Å². The van der Waals surface area contributed by atoms with Crippen LogP contribution in [0.1, 0.15) is 48.5 Å².